The molecule has 1 aliphatic carbocycles. The molecule has 0 saturated carbocycles. The Kier molecular flexibility index (Phi) is 4.64. The molecular weight excluding hydrogens is 370 g/mol. The Morgan fingerprint density at radius 3 is 1.96 bits per heavy atom. The summed E-state index contributed by atoms with van der Waals surface area (Å²) in [5.41, 5.74) is 1.87. The van der Waals surface area contributed by atoms with E-state index < -0.39 is 27.7 Å². The standard InChI is InChI=1S/C18H15F4NO2S/c1-26(24,25)17-7-4-12(10-23-17)16-9-13(18(20,21)22)8-15(16)11-2-5-14(19)6-3-11/h2-7,10,13H,8-9H2,1H3. The van der Waals surface area contributed by atoms with Gasteiger partial charge in [-0.2, -0.15) is 13.2 Å². The Morgan fingerprint density at radius 1 is 0.962 bits per heavy atom. The Morgan fingerprint density at radius 2 is 1.50 bits per heavy atom. The Hall–Kier alpha value is -2.22. The lowest BCUT2D eigenvalue weighted by atomic mass is 9.98. The van der Waals surface area contributed by atoms with Crippen molar-refractivity contribution < 1.29 is 26.0 Å². The van der Waals surface area contributed by atoms with Crippen molar-refractivity contribution in [3.8, 4) is 0 Å². The molecule has 1 aromatic carbocycles. The quantitative estimate of drug-likeness (QED) is 0.731. The van der Waals surface area contributed by atoms with Crippen molar-refractivity contribution >= 4 is 21.0 Å². The minimum absolute atomic E-state index is 0.143. The van der Waals surface area contributed by atoms with Crippen LogP contribution in [0, 0.1) is 11.7 Å². The maximum atomic E-state index is 13.2. The van der Waals surface area contributed by atoms with E-state index in [4.69, 9.17) is 0 Å². The zero-order chi connectivity index (χ0) is 19.1. The molecular formula is C18H15F4NO2S. The van der Waals surface area contributed by atoms with Crippen molar-refractivity contribution in [2.24, 2.45) is 5.92 Å². The second kappa shape index (κ2) is 6.50. The second-order valence-corrected chi connectivity index (χ2v) is 8.23. The van der Waals surface area contributed by atoms with Gasteiger partial charge in [-0.25, -0.2) is 17.8 Å². The first-order chi connectivity index (χ1) is 12.1. The molecule has 0 N–H and O–H groups in total. The normalized spacial score (nSPS) is 18.4. The zero-order valence-electron chi connectivity index (χ0n) is 13.7. The van der Waals surface area contributed by atoms with Crippen LogP contribution >= 0.6 is 0 Å². The maximum Gasteiger partial charge on any atom is 0.392 e. The summed E-state index contributed by atoms with van der Waals surface area (Å²) in [7, 11) is -3.50. The topological polar surface area (TPSA) is 47.0 Å². The summed E-state index contributed by atoms with van der Waals surface area (Å²) in [5, 5.41) is -0.143. The first-order valence-corrected chi connectivity index (χ1v) is 9.66. The average molecular weight is 385 g/mol. The van der Waals surface area contributed by atoms with Crippen LogP contribution in [0.25, 0.3) is 11.1 Å². The van der Waals surface area contributed by atoms with Crippen molar-refractivity contribution in [3.63, 3.8) is 0 Å². The number of allylic oxidation sites excluding steroid dienone is 2. The lowest BCUT2D eigenvalue weighted by Gasteiger charge is -2.14. The van der Waals surface area contributed by atoms with Gasteiger partial charge in [0.1, 0.15) is 5.82 Å². The molecule has 1 aromatic heterocycles. The van der Waals surface area contributed by atoms with Crippen LogP contribution in [-0.2, 0) is 9.84 Å². The smallest absolute Gasteiger partial charge is 0.244 e. The summed E-state index contributed by atoms with van der Waals surface area (Å²) >= 11 is 0. The fraction of sp³-hybridized carbons (Fsp3) is 0.278. The van der Waals surface area contributed by atoms with E-state index in [1.165, 1.54) is 42.6 Å². The van der Waals surface area contributed by atoms with Gasteiger partial charge in [-0.3, -0.25) is 0 Å². The molecule has 0 aliphatic heterocycles. The summed E-state index contributed by atoms with van der Waals surface area (Å²) in [6.45, 7) is 0. The highest BCUT2D eigenvalue weighted by molar-refractivity contribution is 7.90. The molecule has 0 fully saturated rings. The number of pyridine rings is 1. The van der Waals surface area contributed by atoms with Crippen LogP contribution in [-0.4, -0.2) is 25.8 Å². The molecule has 1 aliphatic rings. The van der Waals surface area contributed by atoms with Gasteiger partial charge in [0.25, 0.3) is 0 Å². The molecule has 0 spiro atoms. The Balaban J connectivity index is 2.06. The third-order valence-corrected chi connectivity index (χ3v) is 5.39. The van der Waals surface area contributed by atoms with Gasteiger partial charge in [-0.05, 0) is 53.3 Å². The van der Waals surface area contributed by atoms with Crippen molar-refractivity contribution in [1.82, 2.24) is 4.98 Å². The van der Waals surface area contributed by atoms with E-state index in [0.717, 1.165) is 6.26 Å². The van der Waals surface area contributed by atoms with Gasteiger partial charge >= 0.3 is 6.18 Å². The number of hydrogen-bond acceptors (Lipinski definition) is 3. The number of rotatable bonds is 3. The van der Waals surface area contributed by atoms with E-state index in [1.807, 2.05) is 0 Å². The van der Waals surface area contributed by atoms with Crippen LogP contribution in [0.1, 0.15) is 24.0 Å². The van der Waals surface area contributed by atoms with E-state index in [2.05, 4.69) is 4.98 Å². The molecule has 2 aromatic rings. The third kappa shape index (κ3) is 3.80. The molecule has 0 bridgehead atoms. The summed E-state index contributed by atoms with van der Waals surface area (Å²) < 4.78 is 75.9. The lowest BCUT2D eigenvalue weighted by molar-refractivity contribution is -0.170. The monoisotopic (exact) mass is 385 g/mol. The van der Waals surface area contributed by atoms with E-state index >= 15 is 0 Å². The number of hydrogen-bond donors (Lipinski definition) is 0. The van der Waals surface area contributed by atoms with E-state index in [9.17, 15) is 26.0 Å². The molecule has 138 valence electrons. The van der Waals surface area contributed by atoms with Gasteiger partial charge < -0.3 is 0 Å². The summed E-state index contributed by atoms with van der Waals surface area (Å²) in [5.74, 6) is -2.01. The molecule has 8 heteroatoms. The number of halogens is 4. The first-order valence-electron chi connectivity index (χ1n) is 7.77. The van der Waals surface area contributed by atoms with Gasteiger partial charge in [0, 0.05) is 12.5 Å². The predicted molar refractivity (Wildman–Crippen MR) is 89.3 cm³/mol. The van der Waals surface area contributed by atoms with Crippen LogP contribution in [0.5, 0.6) is 0 Å². The van der Waals surface area contributed by atoms with Crippen LogP contribution in [0.3, 0.4) is 0 Å². The largest absolute Gasteiger partial charge is 0.392 e. The molecule has 0 radical (unpaired) electrons. The van der Waals surface area contributed by atoms with Gasteiger partial charge in [0.05, 0.1) is 5.92 Å². The van der Waals surface area contributed by atoms with Crippen molar-refractivity contribution in [2.45, 2.75) is 24.0 Å². The summed E-state index contributed by atoms with van der Waals surface area (Å²) in [6.07, 6.45) is -2.51. The molecule has 1 atom stereocenters. The number of aromatic nitrogens is 1. The Labute approximate surface area is 148 Å². The Bertz CT molecular complexity index is 946. The summed E-state index contributed by atoms with van der Waals surface area (Å²) in [4.78, 5) is 3.86. The SMILES string of the molecule is CS(=O)(=O)c1ccc(C2=C(c3ccc(F)cc3)CC(C(F)(F)F)C2)cn1. The fourth-order valence-electron chi connectivity index (χ4n) is 3.06. The van der Waals surface area contributed by atoms with Crippen LogP contribution in [0.15, 0.2) is 47.6 Å². The van der Waals surface area contributed by atoms with Crippen molar-refractivity contribution in [2.75, 3.05) is 6.26 Å². The van der Waals surface area contributed by atoms with Crippen molar-refractivity contribution in [3.05, 3.63) is 59.5 Å². The van der Waals surface area contributed by atoms with Crippen LogP contribution in [0.2, 0.25) is 0 Å². The van der Waals surface area contributed by atoms with E-state index in [1.54, 1.807) is 0 Å². The van der Waals surface area contributed by atoms with Gasteiger partial charge in [0.15, 0.2) is 14.9 Å². The first kappa shape index (κ1) is 18.6. The molecule has 3 nitrogen and oxygen atoms in total. The molecule has 3 rings (SSSR count). The van der Waals surface area contributed by atoms with Crippen LogP contribution in [0.4, 0.5) is 17.6 Å². The number of nitrogens with zero attached hydrogens (tertiary/aromatic N) is 1. The highest BCUT2D eigenvalue weighted by Crippen LogP contribution is 2.48. The highest BCUT2D eigenvalue weighted by atomic mass is 32.2. The zero-order valence-corrected chi connectivity index (χ0v) is 14.5. The summed E-state index contributed by atoms with van der Waals surface area (Å²) in [6, 6.07) is 8.03. The predicted octanol–water partition coefficient (Wildman–Crippen LogP) is 4.51. The second-order valence-electron chi connectivity index (χ2n) is 6.27. The third-order valence-electron chi connectivity index (χ3n) is 4.39. The van der Waals surface area contributed by atoms with E-state index in [0.29, 0.717) is 22.3 Å². The number of sulfone groups is 1. The highest BCUT2D eigenvalue weighted by Gasteiger charge is 2.44. The van der Waals surface area contributed by atoms with Gasteiger partial charge in [0.2, 0.25) is 0 Å². The van der Waals surface area contributed by atoms with Crippen LogP contribution < -0.4 is 0 Å². The molecule has 26 heavy (non-hydrogen) atoms. The minimum atomic E-state index is -4.35. The lowest BCUT2D eigenvalue weighted by Crippen LogP contribution is -2.20. The molecule has 0 amide bonds. The maximum absolute atomic E-state index is 13.2. The number of alkyl halides is 3. The van der Waals surface area contributed by atoms with Gasteiger partial charge in [-0.1, -0.05) is 18.2 Å². The molecule has 1 unspecified atom stereocenters. The minimum Gasteiger partial charge on any atom is -0.244 e. The molecule has 0 saturated heterocycles. The molecule has 1 heterocycles. The van der Waals surface area contributed by atoms with Gasteiger partial charge in [-0.15, -0.1) is 0 Å². The van der Waals surface area contributed by atoms with E-state index in [-0.39, 0.29) is 17.9 Å². The average Bonchev–Trinajstić information content (AvgIpc) is 3.00. The van der Waals surface area contributed by atoms with Crippen molar-refractivity contribution in [1.29, 1.82) is 0 Å². The number of benzene rings is 1. The fourth-order valence-corrected chi connectivity index (χ4v) is 3.62.